The molecule has 4 aromatic heterocycles. The first kappa shape index (κ1) is 20.7. The first-order valence-corrected chi connectivity index (χ1v) is 12.0. The van der Waals surface area contributed by atoms with Gasteiger partial charge in [0.2, 0.25) is 0 Å². The zero-order valence-corrected chi connectivity index (χ0v) is 19.2. The Morgan fingerprint density at radius 1 is 1.03 bits per heavy atom. The molecule has 3 N–H and O–H groups in total. The maximum absolute atomic E-state index is 6.44. The van der Waals surface area contributed by atoms with Crippen LogP contribution in [0.4, 0.5) is 0 Å². The van der Waals surface area contributed by atoms with Crippen molar-refractivity contribution < 1.29 is 9.15 Å². The Morgan fingerprint density at radius 3 is 2.79 bits per heavy atom. The summed E-state index contributed by atoms with van der Waals surface area (Å²) in [5.41, 5.74) is 10.5. The van der Waals surface area contributed by atoms with Crippen LogP contribution in [0.2, 0.25) is 0 Å². The SMILES string of the molecule is N[C@H](COc1cnc(-c2ccco2)c(-c2cc3ccccc3s2)c1)Cc1c[nH]c2ccccc12. The topological polar surface area (TPSA) is 77.1 Å². The lowest BCUT2D eigenvalue weighted by Crippen LogP contribution is -2.30. The maximum Gasteiger partial charge on any atom is 0.152 e. The highest BCUT2D eigenvalue weighted by Gasteiger charge is 2.16. The lowest BCUT2D eigenvalue weighted by atomic mass is 10.1. The Kier molecular flexibility index (Phi) is 5.37. The van der Waals surface area contributed by atoms with Crippen molar-refractivity contribution in [2.45, 2.75) is 12.5 Å². The standard InChI is InChI=1S/C28H23N3O2S/c29-20(12-19-15-30-24-8-3-2-7-22(19)24)17-33-21-14-23(28(31-16-21)25-9-5-11-32-25)27-13-18-6-1-4-10-26(18)34-27/h1-11,13-16,20,30H,12,17,29H2/t20-/m0/s1. The van der Waals surface area contributed by atoms with E-state index in [0.717, 1.165) is 33.8 Å². The molecule has 0 bridgehead atoms. The number of benzene rings is 2. The number of nitrogens with two attached hydrogens (primary N) is 1. The fourth-order valence-electron chi connectivity index (χ4n) is 4.28. The second-order valence-corrected chi connectivity index (χ2v) is 9.41. The third kappa shape index (κ3) is 3.98. The minimum Gasteiger partial charge on any atom is -0.490 e. The van der Waals surface area contributed by atoms with E-state index >= 15 is 0 Å². The van der Waals surface area contributed by atoms with E-state index in [4.69, 9.17) is 19.9 Å². The molecule has 0 aliphatic heterocycles. The number of ether oxygens (including phenoxy) is 1. The smallest absolute Gasteiger partial charge is 0.152 e. The Balaban J connectivity index is 1.26. The van der Waals surface area contributed by atoms with E-state index in [1.807, 2.05) is 36.5 Å². The zero-order chi connectivity index (χ0) is 22.9. The second kappa shape index (κ2) is 8.82. The van der Waals surface area contributed by atoms with E-state index in [0.29, 0.717) is 12.4 Å². The Bertz CT molecular complexity index is 1530. The summed E-state index contributed by atoms with van der Waals surface area (Å²) in [5, 5.41) is 2.41. The molecule has 0 aliphatic rings. The van der Waals surface area contributed by atoms with Gasteiger partial charge in [-0.15, -0.1) is 11.3 Å². The molecule has 0 aliphatic carbocycles. The molecule has 0 saturated carbocycles. The number of fused-ring (bicyclic) bond motifs is 2. The van der Waals surface area contributed by atoms with E-state index in [2.05, 4.69) is 47.4 Å². The van der Waals surface area contributed by atoms with Gasteiger partial charge in [0.1, 0.15) is 18.1 Å². The van der Waals surface area contributed by atoms with Crippen molar-refractivity contribution in [1.29, 1.82) is 0 Å². The summed E-state index contributed by atoms with van der Waals surface area (Å²) in [6.45, 7) is 0.396. The molecule has 34 heavy (non-hydrogen) atoms. The van der Waals surface area contributed by atoms with E-state index in [1.165, 1.54) is 21.0 Å². The Morgan fingerprint density at radius 2 is 1.91 bits per heavy atom. The number of hydrogen-bond acceptors (Lipinski definition) is 5. The summed E-state index contributed by atoms with van der Waals surface area (Å²) in [6, 6.07) is 24.5. The number of thiophene rings is 1. The van der Waals surface area contributed by atoms with E-state index in [9.17, 15) is 0 Å². The summed E-state index contributed by atoms with van der Waals surface area (Å²) >= 11 is 1.73. The largest absolute Gasteiger partial charge is 0.490 e. The van der Waals surface area contributed by atoms with Crippen LogP contribution in [0.5, 0.6) is 5.75 Å². The number of nitrogens with zero attached hydrogens (tertiary/aromatic N) is 1. The number of H-pyrrole nitrogens is 1. The second-order valence-electron chi connectivity index (χ2n) is 8.33. The number of hydrogen-bond donors (Lipinski definition) is 2. The molecule has 0 amide bonds. The molecule has 4 heterocycles. The van der Waals surface area contributed by atoms with Crippen LogP contribution in [0, 0.1) is 0 Å². The van der Waals surface area contributed by atoms with Crippen LogP contribution >= 0.6 is 11.3 Å². The fourth-order valence-corrected chi connectivity index (χ4v) is 5.36. The van der Waals surface area contributed by atoms with Crippen molar-refractivity contribution in [3.05, 3.63) is 97.0 Å². The number of pyridine rings is 1. The number of aromatic amines is 1. The molecule has 0 saturated heterocycles. The molecular formula is C28H23N3O2S. The Labute approximate surface area is 200 Å². The van der Waals surface area contributed by atoms with Crippen LogP contribution in [-0.4, -0.2) is 22.6 Å². The summed E-state index contributed by atoms with van der Waals surface area (Å²) in [4.78, 5) is 9.13. The van der Waals surface area contributed by atoms with Gasteiger partial charge in [0, 0.05) is 38.3 Å². The maximum atomic E-state index is 6.44. The minimum atomic E-state index is -0.142. The van der Waals surface area contributed by atoms with Gasteiger partial charge in [0.05, 0.1) is 12.5 Å². The molecule has 2 aromatic carbocycles. The van der Waals surface area contributed by atoms with Crippen molar-refractivity contribution >= 4 is 32.3 Å². The zero-order valence-electron chi connectivity index (χ0n) is 18.4. The number of aromatic nitrogens is 2. The molecule has 6 heteroatoms. The molecule has 0 unspecified atom stereocenters. The highest BCUT2D eigenvalue weighted by Crippen LogP contribution is 2.39. The highest BCUT2D eigenvalue weighted by atomic mass is 32.1. The minimum absolute atomic E-state index is 0.142. The number of para-hydroxylation sites is 1. The normalized spacial score (nSPS) is 12.4. The lowest BCUT2D eigenvalue weighted by molar-refractivity contribution is 0.287. The van der Waals surface area contributed by atoms with Gasteiger partial charge < -0.3 is 19.9 Å². The molecule has 0 fully saturated rings. The van der Waals surface area contributed by atoms with Gasteiger partial charge in [0.25, 0.3) is 0 Å². The van der Waals surface area contributed by atoms with Crippen LogP contribution in [-0.2, 0) is 6.42 Å². The molecule has 1 atom stereocenters. The van der Waals surface area contributed by atoms with E-state index < -0.39 is 0 Å². The summed E-state index contributed by atoms with van der Waals surface area (Å²) in [6.07, 6.45) is 6.17. The van der Waals surface area contributed by atoms with Gasteiger partial charge in [0.15, 0.2) is 5.76 Å². The predicted octanol–water partition coefficient (Wildman–Crippen LogP) is 6.65. The molecule has 0 radical (unpaired) electrons. The van der Waals surface area contributed by atoms with Crippen molar-refractivity contribution in [3.63, 3.8) is 0 Å². The molecule has 6 aromatic rings. The number of nitrogens with one attached hydrogen (secondary N) is 1. The fraction of sp³-hybridized carbons (Fsp3) is 0.107. The van der Waals surface area contributed by atoms with Crippen LogP contribution in [0.25, 0.3) is 42.9 Å². The van der Waals surface area contributed by atoms with Crippen LogP contribution in [0.3, 0.4) is 0 Å². The third-order valence-corrected chi connectivity index (χ3v) is 7.08. The summed E-state index contributed by atoms with van der Waals surface area (Å²) in [5.74, 6) is 1.42. The van der Waals surface area contributed by atoms with Crippen molar-refractivity contribution in [1.82, 2.24) is 9.97 Å². The molecule has 6 rings (SSSR count). The average Bonchev–Trinajstić information content (AvgIpc) is 3.63. The molecule has 0 spiro atoms. The Hall–Kier alpha value is -3.87. The van der Waals surface area contributed by atoms with Crippen molar-refractivity contribution in [2.24, 2.45) is 5.73 Å². The van der Waals surface area contributed by atoms with E-state index in [1.54, 1.807) is 23.8 Å². The van der Waals surface area contributed by atoms with Gasteiger partial charge in [-0.2, -0.15) is 0 Å². The highest BCUT2D eigenvalue weighted by molar-refractivity contribution is 7.22. The quantitative estimate of drug-likeness (QED) is 0.277. The van der Waals surface area contributed by atoms with Gasteiger partial charge in [-0.25, -0.2) is 4.98 Å². The van der Waals surface area contributed by atoms with Gasteiger partial charge in [-0.3, -0.25) is 0 Å². The molecule has 5 nitrogen and oxygen atoms in total. The first-order valence-electron chi connectivity index (χ1n) is 11.2. The summed E-state index contributed by atoms with van der Waals surface area (Å²) < 4.78 is 13.0. The van der Waals surface area contributed by atoms with Gasteiger partial charge in [-0.05, 0) is 53.8 Å². The van der Waals surface area contributed by atoms with Gasteiger partial charge >= 0.3 is 0 Å². The monoisotopic (exact) mass is 465 g/mol. The van der Waals surface area contributed by atoms with Crippen molar-refractivity contribution in [2.75, 3.05) is 6.61 Å². The van der Waals surface area contributed by atoms with Crippen molar-refractivity contribution in [3.8, 4) is 27.6 Å². The van der Waals surface area contributed by atoms with Gasteiger partial charge in [-0.1, -0.05) is 36.4 Å². The van der Waals surface area contributed by atoms with Crippen LogP contribution in [0.15, 0.2) is 95.9 Å². The third-order valence-electron chi connectivity index (χ3n) is 5.93. The number of furan rings is 1. The predicted molar refractivity (Wildman–Crippen MR) is 138 cm³/mol. The van der Waals surface area contributed by atoms with Crippen LogP contribution < -0.4 is 10.5 Å². The summed E-state index contributed by atoms with van der Waals surface area (Å²) in [7, 11) is 0. The molecular weight excluding hydrogens is 442 g/mol. The number of rotatable bonds is 7. The average molecular weight is 466 g/mol. The lowest BCUT2D eigenvalue weighted by Gasteiger charge is -2.14. The van der Waals surface area contributed by atoms with Crippen LogP contribution in [0.1, 0.15) is 5.56 Å². The molecule has 168 valence electrons. The first-order chi connectivity index (χ1) is 16.7. The van der Waals surface area contributed by atoms with E-state index in [-0.39, 0.29) is 6.04 Å².